The maximum atomic E-state index is 5.90. The third-order valence-corrected chi connectivity index (χ3v) is 6.03. The fourth-order valence-electron chi connectivity index (χ4n) is 4.66. The topological polar surface area (TPSA) is 12.5 Å². The van der Waals surface area contributed by atoms with E-state index in [2.05, 4.69) is 60.4 Å². The molecule has 1 unspecified atom stereocenters. The first kappa shape index (κ1) is 16.7. The molecule has 2 heteroatoms. The zero-order chi connectivity index (χ0) is 17.1. The number of nitrogens with zero attached hydrogens (tertiary/aromatic N) is 1. The molecule has 0 spiro atoms. The van der Waals surface area contributed by atoms with Crippen LogP contribution in [-0.4, -0.2) is 30.6 Å². The second-order valence-corrected chi connectivity index (χ2v) is 7.44. The minimum atomic E-state index is 0.686. The minimum Gasteiger partial charge on any atom is -0.494 e. The summed E-state index contributed by atoms with van der Waals surface area (Å²) in [6.07, 6.45) is 6.22. The van der Waals surface area contributed by atoms with E-state index in [1.54, 1.807) is 0 Å². The summed E-state index contributed by atoms with van der Waals surface area (Å²) in [7, 11) is 0. The lowest BCUT2D eigenvalue weighted by Crippen LogP contribution is -2.43. The Bertz CT molecular complexity index is 688. The zero-order valence-corrected chi connectivity index (χ0v) is 15.3. The van der Waals surface area contributed by atoms with E-state index in [9.17, 15) is 0 Å². The second-order valence-electron chi connectivity index (χ2n) is 7.44. The fourth-order valence-corrected chi connectivity index (χ4v) is 4.66. The number of hydrogen-bond donors (Lipinski definition) is 0. The van der Waals surface area contributed by atoms with Gasteiger partial charge in [0, 0.05) is 6.04 Å². The molecule has 0 saturated carbocycles. The van der Waals surface area contributed by atoms with Crippen LogP contribution >= 0.6 is 0 Å². The highest BCUT2D eigenvalue weighted by atomic mass is 16.5. The Morgan fingerprint density at radius 3 is 2.52 bits per heavy atom. The van der Waals surface area contributed by atoms with Gasteiger partial charge in [0.05, 0.1) is 6.61 Å². The second kappa shape index (κ2) is 7.61. The molecule has 2 nitrogen and oxygen atoms in total. The van der Waals surface area contributed by atoms with E-state index in [-0.39, 0.29) is 0 Å². The number of likely N-dealkylation sites (tertiary alicyclic amines) is 1. The normalized spacial score (nSPS) is 21.7. The minimum absolute atomic E-state index is 0.686. The summed E-state index contributed by atoms with van der Waals surface area (Å²) >= 11 is 0. The Kier molecular flexibility index (Phi) is 5.07. The van der Waals surface area contributed by atoms with Crippen LogP contribution in [0.15, 0.2) is 48.5 Å². The molecule has 0 amide bonds. The maximum absolute atomic E-state index is 5.90. The number of fused-ring (bicyclic) bond motifs is 1. The molecule has 0 radical (unpaired) electrons. The van der Waals surface area contributed by atoms with Crippen LogP contribution < -0.4 is 4.74 Å². The Hall–Kier alpha value is -1.80. The first-order valence-corrected chi connectivity index (χ1v) is 9.87. The lowest BCUT2D eigenvalue weighted by Gasteiger charge is -2.40. The van der Waals surface area contributed by atoms with E-state index >= 15 is 0 Å². The molecule has 0 bridgehead atoms. The number of aryl methyl sites for hydroxylation is 1. The lowest BCUT2D eigenvalue weighted by molar-refractivity contribution is 0.139. The average Bonchev–Trinajstić information content (AvgIpc) is 2.69. The molecular formula is C23H29NO. The molecule has 2 aromatic carbocycles. The summed E-state index contributed by atoms with van der Waals surface area (Å²) in [5.41, 5.74) is 4.49. The van der Waals surface area contributed by atoms with Gasteiger partial charge in [-0.2, -0.15) is 0 Å². The summed E-state index contributed by atoms with van der Waals surface area (Å²) in [4.78, 5) is 2.74. The maximum Gasteiger partial charge on any atom is 0.122 e. The van der Waals surface area contributed by atoms with Crippen molar-refractivity contribution in [1.82, 2.24) is 4.90 Å². The van der Waals surface area contributed by atoms with Crippen LogP contribution in [0.2, 0.25) is 0 Å². The summed E-state index contributed by atoms with van der Waals surface area (Å²) in [5.74, 6) is 1.86. The van der Waals surface area contributed by atoms with Gasteiger partial charge in [-0.1, -0.05) is 42.5 Å². The standard InChI is InChI=1S/C23H29NO/c1-2-25-23-10-6-9-20-11-12-21(17-22(20)23)24-15-13-19(14-16-24)18-7-4-3-5-8-18/h3-10,19,21H,2,11-17H2,1H3. The van der Waals surface area contributed by atoms with Crippen molar-refractivity contribution in [2.45, 2.75) is 51.0 Å². The zero-order valence-electron chi connectivity index (χ0n) is 15.3. The molecule has 2 aromatic rings. The number of hydrogen-bond acceptors (Lipinski definition) is 2. The molecule has 25 heavy (non-hydrogen) atoms. The van der Waals surface area contributed by atoms with Crippen LogP contribution in [0, 0.1) is 0 Å². The van der Waals surface area contributed by atoms with E-state index in [1.165, 1.54) is 55.5 Å². The molecule has 4 rings (SSSR count). The van der Waals surface area contributed by atoms with Gasteiger partial charge in [0.25, 0.3) is 0 Å². The average molecular weight is 335 g/mol. The Morgan fingerprint density at radius 2 is 1.76 bits per heavy atom. The largest absolute Gasteiger partial charge is 0.494 e. The van der Waals surface area contributed by atoms with Gasteiger partial charge in [0.15, 0.2) is 0 Å². The third kappa shape index (κ3) is 3.59. The van der Waals surface area contributed by atoms with Crippen LogP contribution in [0.5, 0.6) is 5.75 Å². The van der Waals surface area contributed by atoms with Gasteiger partial charge in [-0.05, 0) is 80.8 Å². The molecule has 2 aliphatic rings. The van der Waals surface area contributed by atoms with Crippen LogP contribution in [0.25, 0.3) is 0 Å². The predicted molar refractivity (Wildman–Crippen MR) is 103 cm³/mol. The highest BCUT2D eigenvalue weighted by molar-refractivity contribution is 5.42. The SMILES string of the molecule is CCOc1cccc2c1CC(N1CCC(c3ccccc3)CC1)CC2. The van der Waals surface area contributed by atoms with Crippen molar-refractivity contribution in [2.75, 3.05) is 19.7 Å². The summed E-state index contributed by atoms with van der Waals surface area (Å²) in [5, 5.41) is 0. The van der Waals surface area contributed by atoms with Crippen LogP contribution in [0.3, 0.4) is 0 Å². The Labute approximate surface area is 151 Å². The van der Waals surface area contributed by atoms with Gasteiger partial charge in [-0.25, -0.2) is 0 Å². The van der Waals surface area contributed by atoms with Crippen molar-refractivity contribution in [3.05, 3.63) is 65.2 Å². The third-order valence-electron chi connectivity index (χ3n) is 6.03. The first-order chi connectivity index (χ1) is 12.3. The number of ether oxygens (including phenoxy) is 1. The number of piperidine rings is 1. The molecule has 1 atom stereocenters. The van der Waals surface area contributed by atoms with Crippen LogP contribution in [-0.2, 0) is 12.8 Å². The van der Waals surface area contributed by atoms with Crippen molar-refractivity contribution in [3.63, 3.8) is 0 Å². The molecule has 132 valence electrons. The lowest BCUT2D eigenvalue weighted by atomic mass is 9.84. The quantitative estimate of drug-likeness (QED) is 0.794. The van der Waals surface area contributed by atoms with Crippen molar-refractivity contribution in [2.24, 2.45) is 0 Å². The van der Waals surface area contributed by atoms with E-state index in [1.807, 2.05) is 0 Å². The van der Waals surface area contributed by atoms with E-state index in [0.717, 1.165) is 24.7 Å². The van der Waals surface area contributed by atoms with E-state index in [4.69, 9.17) is 4.74 Å². The Balaban J connectivity index is 1.41. The van der Waals surface area contributed by atoms with Gasteiger partial charge in [0.1, 0.15) is 5.75 Å². The van der Waals surface area contributed by atoms with Gasteiger partial charge in [0.2, 0.25) is 0 Å². The van der Waals surface area contributed by atoms with E-state index < -0.39 is 0 Å². The van der Waals surface area contributed by atoms with Crippen molar-refractivity contribution in [1.29, 1.82) is 0 Å². The fraction of sp³-hybridized carbons (Fsp3) is 0.478. The van der Waals surface area contributed by atoms with Gasteiger partial charge < -0.3 is 4.74 Å². The van der Waals surface area contributed by atoms with Crippen molar-refractivity contribution in [3.8, 4) is 5.75 Å². The highest BCUT2D eigenvalue weighted by Gasteiger charge is 2.29. The van der Waals surface area contributed by atoms with Gasteiger partial charge in [-0.15, -0.1) is 0 Å². The monoisotopic (exact) mass is 335 g/mol. The molecular weight excluding hydrogens is 306 g/mol. The van der Waals surface area contributed by atoms with Crippen LogP contribution in [0.4, 0.5) is 0 Å². The highest BCUT2D eigenvalue weighted by Crippen LogP contribution is 2.34. The molecule has 0 N–H and O–H groups in total. The summed E-state index contributed by atoms with van der Waals surface area (Å²) in [6, 6.07) is 18.3. The van der Waals surface area contributed by atoms with Crippen LogP contribution in [0.1, 0.15) is 48.8 Å². The van der Waals surface area contributed by atoms with Crippen molar-refractivity contribution < 1.29 is 4.74 Å². The first-order valence-electron chi connectivity index (χ1n) is 9.87. The smallest absolute Gasteiger partial charge is 0.122 e. The molecule has 1 saturated heterocycles. The number of rotatable bonds is 4. The molecule has 1 heterocycles. The van der Waals surface area contributed by atoms with Gasteiger partial charge in [-0.3, -0.25) is 4.90 Å². The summed E-state index contributed by atoms with van der Waals surface area (Å²) in [6.45, 7) is 5.30. The molecule has 0 aromatic heterocycles. The number of benzene rings is 2. The van der Waals surface area contributed by atoms with Gasteiger partial charge >= 0.3 is 0 Å². The molecule has 1 aliphatic carbocycles. The Morgan fingerprint density at radius 1 is 0.960 bits per heavy atom. The molecule has 1 fully saturated rings. The molecule has 1 aliphatic heterocycles. The predicted octanol–water partition coefficient (Wildman–Crippen LogP) is 4.82. The van der Waals surface area contributed by atoms with Crippen molar-refractivity contribution >= 4 is 0 Å². The summed E-state index contributed by atoms with van der Waals surface area (Å²) < 4.78 is 5.90. The van der Waals surface area contributed by atoms with E-state index in [0.29, 0.717) is 6.04 Å².